The van der Waals surface area contributed by atoms with Crippen LogP contribution in [0.1, 0.15) is 67.2 Å². The topological polar surface area (TPSA) is 107 Å². The number of carbonyl (C=O) groups is 2. The summed E-state index contributed by atoms with van der Waals surface area (Å²) in [6.45, 7) is 12.2. The van der Waals surface area contributed by atoms with Crippen molar-refractivity contribution in [2.75, 3.05) is 26.2 Å². The zero-order valence-corrected chi connectivity index (χ0v) is 18.1. The standard InChI is InChI=1S/C20H34N4O4/c1-19(2,3)27-17(25)23(15-9-11-21)13-7-8-14-24(16-10-12-22)18(26)28-20(4,5)6/h7-10,13-16H2,1-6H3. The molecule has 0 aliphatic carbocycles. The van der Waals surface area contributed by atoms with Crippen LogP contribution in [0.25, 0.3) is 0 Å². The Kier molecular flexibility index (Phi) is 11.0. The number of hydrogen-bond acceptors (Lipinski definition) is 6. The Hall–Kier alpha value is -2.48. The van der Waals surface area contributed by atoms with Gasteiger partial charge in [0, 0.05) is 26.2 Å². The fraction of sp³-hybridized carbons (Fsp3) is 0.800. The maximum Gasteiger partial charge on any atom is 0.410 e. The van der Waals surface area contributed by atoms with Gasteiger partial charge in [0.15, 0.2) is 0 Å². The molecular formula is C20H34N4O4. The summed E-state index contributed by atoms with van der Waals surface area (Å²) in [5.74, 6) is 0. The van der Waals surface area contributed by atoms with Crippen molar-refractivity contribution in [2.24, 2.45) is 0 Å². The number of carbonyl (C=O) groups excluding carboxylic acids is 2. The van der Waals surface area contributed by atoms with Gasteiger partial charge < -0.3 is 19.3 Å². The molecule has 0 fully saturated rings. The molecule has 0 bridgehead atoms. The van der Waals surface area contributed by atoms with Crippen LogP contribution in [0.2, 0.25) is 0 Å². The minimum absolute atomic E-state index is 0.228. The highest BCUT2D eigenvalue weighted by molar-refractivity contribution is 5.68. The predicted molar refractivity (Wildman–Crippen MR) is 105 cm³/mol. The molecule has 0 spiro atoms. The second kappa shape index (κ2) is 12.1. The monoisotopic (exact) mass is 394 g/mol. The first-order valence-electron chi connectivity index (χ1n) is 9.59. The van der Waals surface area contributed by atoms with Crippen LogP contribution in [0, 0.1) is 22.7 Å². The lowest BCUT2D eigenvalue weighted by atomic mass is 10.2. The van der Waals surface area contributed by atoms with Crippen molar-refractivity contribution in [3.05, 3.63) is 0 Å². The van der Waals surface area contributed by atoms with Crippen molar-refractivity contribution in [2.45, 2.75) is 78.4 Å². The molecule has 0 saturated heterocycles. The molecule has 28 heavy (non-hydrogen) atoms. The molecule has 0 aromatic rings. The second-order valence-corrected chi connectivity index (χ2v) is 8.46. The van der Waals surface area contributed by atoms with E-state index in [2.05, 4.69) is 0 Å². The van der Waals surface area contributed by atoms with E-state index in [1.807, 2.05) is 12.1 Å². The first kappa shape index (κ1) is 25.5. The number of hydrogen-bond donors (Lipinski definition) is 0. The van der Waals surface area contributed by atoms with Gasteiger partial charge in [0.05, 0.1) is 25.0 Å². The highest BCUT2D eigenvalue weighted by Gasteiger charge is 2.23. The molecule has 2 amide bonds. The van der Waals surface area contributed by atoms with Crippen LogP contribution in [0.15, 0.2) is 0 Å². The molecule has 0 saturated carbocycles. The molecule has 0 rings (SSSR count). The zero-order valence-electron chi connectivity index (χ0n) is 18.1. The van der Waals surface area contributed by atoms with Gasteiger partial charge >= 0.3 is 12.2 Å². The van der Waals surface area contributed by atoms with Crippen molar-refractivity contribution in [3.8, 4) is 12.1 Å². The predicted octanol–water partition coefficient (Wildman–Crippen LogP) is 4.07. The molecule has 0 aromatic carbocycles. The summed E-state index contributed by atoms with van der Waals surface area (Å²) in [7, 11) is 0. The Bertz CT molecular complexity index is 527. The van der Waals surface area contributed by atoms with Crippen LogP contribution in [-0.4, -0.2) is 59.4 Å². The van der Waals surface area contributed by atoms with Crippen molar-refractivity contribution in [1.82, 2.24) is 9.80 Å². The maximum atomic E-state index is 12.3. The van der Waals surface area contributed by atoms with Crippen LogP contribution >= 0.6 is 0 Å². The van der Waals surface area contributed by atoms with E-state index in [0.29, 0.717) is 39.0 Å². The average Bonchev–Trinajstić information content (AvgIpc) is 2.53. The quantitative estimate of drug-likeness (QED) is 0.546. The van der Waals surface area contributed by atoms with Gasteiger partial charge in [-0.3, -0.25) is 0 Å². The maximum absolute atomic E-state index is 12.3. The summed E-state index contributed by atoms with van der Waals surface area (Å²) in [6.07, 6.45) is 0.830. The summed E-state index contributed by atoms with van der Waals surface area (Å²) < 4.78 is 10.8. The first-order valence-corrected chi connectivity index (χ1v) is 9.59. The molecule has 0 atom stereocenters. The van der Waals surface area contributed by atoms with E-state index in [9.17, 15) is 9.59 Å². The zero-order chi connectivity index (χ0) is 21.8. The Morgan fingerprint density at radius 2 is 1.04 bits per heavy atom. The largest absolute Gasteiger partial charge is 0.444 e. The van der Waals surface area contributed by atoms with E-state index < -0.39 is 23.4 Å². The lowest BCUT2D eigenvalue weighted by molar-refractivity contribution is 0.0214. The molecule has 158 valence electrons. The summed E-state index contributed by atoms with van der Waals surface area (Å²) in [4.78, 5) is 27.6. The highest BCUT2D eigenvalue weighted by Crippen LogP contribution is 2.13. The van der Waals surface area contributed by atoms with E-state index in [4.69, 9.17) is 20.0 Å². The van der Waals surface area contributed by atoms with Crippen molar-refractivity contribution < 1.29 is 19.1 Å². The minimum atomic E-state index is -0.604. The number of ether oxygens (including phenoxy) is 2. The molecule has 8 nitrogen and oxygen atoms in total. The fourth-order valence-corrected chi connectivity index (χ4v) is 2.22. The van der Waals surface area contributed by atoms with E-state index >= 15 is 0 Å². The number of rotatable bonds is 9. The minimum Gasteiger partial charge on any atom is -0.444 e. The normalized spacial score (nSPS) is 11.1. The van der Waals surface area contributed by atoms with Gasteiger partial charge in [-0.2, -0.15) is 10.5 Å². The third kappa shape index (κ3) is 12.8. The van der Waals surface area contributed by atoms with Crippen LogP contribution < -0.4 is 0 Å². The Labute approximate surface area is 169 Å². The van der Waals surface area contributed by atoms with E-state index in [1.165, 1.54) is 9.80 Å². The lowest BCUT2D eigenvalue weighted by Crippen LogP contribution is -2.39. The number of unbranched alkanes of at least 4 members (excludes halogenated alkanes) is 1. The highest BCUT2D eigenvalue weighted by atomic mass is 16.6. The molecule has 0 aliphatic rings. The Morgan fingerprint density at radius 1 is 0.714 bits per heavy atom. The molecular weight excluding hydrogens is 360 g/mol. The average molecular weight is 395 g/mol. The van der Waals surface area contributed by atoms with Crippen molar-refractivity contribution in [1.29, 1.82) is 10.5 Å². The van der Waals surface area contributed by atoms with Gasteiger partial charge in [0.25, 0.3) is 0 Å². The molecule has 0 N–H and O–H groups in total. The van der Waals surface area contributed by atoms with Gasteiger partial charge in [-0.05, 0) is 54.4 Å². The summed E-state index contributed by atoms with van der Waals surface area (Å²) in [5.41, 5.74) is -1.21. The molecule has 8 heteroatoms. The second-order valence-electron chi connectivity index (χ2n) is 8.46. The van der Waals surface area contributed by atoms with Crippen LogP contribution in [0.5, 0.6) is 0 Å². The third-order valence-corrected chi connectivity index (χ3v) is 3.40. The van der Waals surface area contributed by atoms with Crippen LogP contribution in [-0.2, 0) is 9.47 Å². The summed E-state index contributed by atoms with van der Waals surface area (Å²) >= 11 is 0. The summed E-state index contributed by atoms with van der Waals surface area (Å²) in [5, 5.41) is 17.6. The van der Waals surface area contributed by atoms with E-state index in [0.717, 1.165) is 0 Å². The number of nitrogens with zero attached hydrogens (tertiary/aromatic N) is 4. The molecule has 0 unspecified atom stereocenters. The third-order valence-electron chi connectivity index (χ3n) is 3.40. The van der Waals surface area contributed by atoms with Crippen molar-refractivity contribution >= 4 is 12.2 Å². The smallest absolute Gasteiger partial charge is 0.410 e. The van der Waals surface area contributed by atoms with E-state index in [1.54, 1.807) is 41.5 Å². The number of amides is 2. The van der Waals surface area contributed by atoms with E-state index in [-0.39, 0.29) is 12.8 Å². The molecule has 0 heterocycles. The molecule has 0 aliphatic heterocycles. The van der Waals surface area contributed by atoms with Gasteiger partial charge in [-0.1, -0.05) is 0 Å². The van der Waals surface area contributed by atoms with Gasteiger partial charge in [0.1, 0.15) is 11.2 Å². The lowest BCUT2D eigenvalue weighted by Gasteiger charge is -2.28. The molecule has 0 radical (unpaired) electrons. The summed E-state index contributed by atoms with van der Waals surface area (Å²) in [6, 6.07) is 4.07. The Balaban J connectivity index is 4.68. The van der Waals surface area contributed by atoms with Crippen LogP contribution in [0.3, 0.4) is 0 Å². The van der Waals surface area contributed by atoms with Gasteiger partial charge in [-0.15, -0.1) is 0 Å². The molecule has 0 aromatic heterocycles. The van der Waals surface area contributed by atoms with Crippen LogP contribution in [0.4, 0.5) is 9.59 Å². The van der Waals surface area contributed by atoms with Gasteiger partial charge in [-0.25, -0.2) is 9.59 Å². The number of nitriles is 2. The fourth-order valence-electron chi connectivity index (χ4n) is 2.22. The Morgan fingerprint density at radius 3 is 1.29 bits per heavy atom. The van der Waals surface area contributed by atoms with Gasteiger partial charge in [0.2, 0.25) is 0 Å². The first-order chi connectivity index (χ1) is 12.9. The SMILES string of the molecule is CC(C)(C)OC(=O)N(CCC#N)CCCCN(CCC#N)C(=O)OC(C)(C)C. The van der Waals surface area contributed by atoms with Crippen molar-refractivity contribution in [3.63, 3.8) is 0 Å².